The number of hydrogen-bond donors (Lipinski definition) is 4. The van der Waals surface area contributed by atoms with Crippen molar-refractivity contribution in [1.82, 2.24) is 10.3 Å². The highest BCUT2D eigenvalue weighted by Gasteiger charge is 2.32. The molecule has 1 aromatic heterocycles. The second-order valence-electron chi connectivity index (χ2n) is 7.06. The number of guanidine groups is 1. The van der Waals surface area contributed by atoms with Gasteiger partial charge in [0, 0.05) is 5.56 Å². The van der Waals surface area contributed by atoms with Crippen LogP contribution in [0.5, 0.6) is 0 Å². The monoisotopic (exact) mass is 448 g/mol. The third-order valence-electron chi connectivity index (χ3n) is 5.14. The normalized spacial score (nSPS) is 14.8. The molecule has 1 atom stereocenters. The predicted molar refractivity (Wildman–Crippen MR) is 116 cm³/mol. The molecule has 4 rings (SSSR count). The quantitative estimate of drug-likeness (QED) is 0.345. The second kappa shape index (κ2) is 8.05. The van der Waals surface area contributed by atoms with Crippen molar-refractivity contribution in [3.05, 3.63) is 70.8 Å². The van der Waals surface area contributed by atoms with Crippen molar-refractivity contribution in [2.45, 2.75) is 12.2 Å². The van der Waals surface area contributed by atoms with Crippen molar-refractivity contribution in [1.29, 1.82) is 10.5 Å². The fourth-order valence-corrected chi connectivity index (χ4v) is 3.64. The zero-order chi connectivity index (χ0) is 23.8. The van der Waals surface area contributed by atoms with E-state index in [2.05, 4.69) is 20.6 Å². The summed E-state index contributed by atoms with van der Waals surface area (Å²) in [7, 11) is 0. The third-order valence-corrected chi connectivity index (χ3v) is 5.14. The maximum atomic E-state index is 13.0. The Kier molecular flexibility index (Phi) is 5.24. The number of pyridine rings is 1. The molecule has 0 fully saturated rings. The summed E-state index contributed by atoms with van der Waals surface area (Å²) in [5.74, 6) is 0.200. The van der Waals surface area contributed by atoms with E-state index in [0.717, 1.165) is 12.1 Å². The number of rotatable bonds is 2. The number of nitriles is 2. The van der Waals surface area contributed by atoms with Crippen LogP contribution in [0.1, 0.15) is 28.3 Å². The van der Waals surface area contributed by atoms with Crippen LogP contribution in [0.4, 0.5) is 30.5 Å². The van der Waals surface area contributed by atoms with E-state index in [1.165, 1.54) is 12.1 Å². The number of nitrogens with zero attached hydrogens (tertiary/aromatic N) is 4. The van der Waals surface area contributed by atoms with Gasteiger partial charge in [-0.3, -0.25) is 5.32 Å². The number of halogens is 3. The highest BCUT2D eigenvalue weighted by atomic mass is 19.4. The number of benzene rings is 2. The molecular formula is C22H15F3N8. The molecule has 3 aromatic rings. The second-order valence-corrected chi connectivity index (χ2v) is 7.06. The summed E-state index contributed by atoms with van der Waals surface area (Å²) >= 11 is 0. The van der Waals surface area contributed by atoms with E-state index >= 15 is 0 Å². The van der Waals surface area contributed by atoms with Crippen LogP contribution in [0, 0.1) is 22.8 Å². The van der Waals surface area contributed by atoms with Gasteiger partial charge in [-0.05, 0) is 28.8 Å². The largest absolute Gasteiger partial charge is 0.416 e. The summed E-state index contributed by atoms with van der Waals surface area (Å²) in [6.45, 7) is 0. The Morgan fingerprint density at radius 2 is 1.73 bits per heavy atom. The molecule has 6 N–H and O–H groups in total. The Morgan fingerprint density at radius 3 is 2.36 bits per heavy atom. The van der Waals surface area contributed by atoms with Gasteiger partial charge in [0.25, 0.3) is 0 Å². The molecule has 2 heterocycles. The fourth-order valence-electron chi connectivity index (χ4n) is 3.64. The lowest BCUT2D eigenvalue weighted by atomic mass is 9.89. The first-order chi connectivity index (χ1) is 15.7. The molecule has 0 saturated carbocycles. The Balaban J connectivity index is 1.92. The molecular weight excluding hydrogens is 433 g/mol. The van der Waals surface area contributed by atoms with E-state index in [-0.39, 0.29) is 28.8 Å². The van der Waals surface area contributed by atoms with Gasteiger partial charge in [-0.2, -0.15) is 23.7 Å². The van der Waals surface area contributed by atoms with Crippen LogP contribution in [-0.4, -0.2) is 10.9 Å². The van der Waals surface area contributed by atoms with Gasteiger partial charge < -0.3 is 16.8 Å². The van der Waals surface area contributed by atoms with Gasteiger partial charge in [0.05, 0.1) is 11.3 Å². The molecule has 0 radical (unpaired) electrons. The van der Waals surface area contributed by atoms with Crippen molar-refractivity contribution >= 4 is 23.3 Å². The molecule has 0 amide bonds. The molecule has 1 unspecified atom stereocenters. The van der Waals surface area contributed by atoms with Gasteiger partial charge in [-0.25, -0.2) is 9.98 Å². The highest BCUT2D eigenvalue weighted by Crippen LogP contribution is 2.43. The van der Waals surface area contributed by atoms with E-state index in [4.69, 9.17) is 16.7 Å². The van der Waals surface area contributed by atoms with Gasteiger partial charge in [0.1, 0.15) is 29.3 Å². The lowest BCUT2D eigenvalue weighted by molar-refractivity contribution is -0.137. The zero-order valence-electron chi connectivity index (χ0n) is 16.8. The molecule has 164 valence electrons. The van der Waals surface area contributed by atoms with Crippen LogP contribution >= 0.6 is 0 Å². The van der Waals surface area contributed by atoms with E-state index in [1.807, 2.05) is 6.07 Å². The third kappa shape index (κ3) is 3.83. The van der Waals surface area contributed by atoms with Crippen LogP contribution in [-0.2, 0) is 6.18 Å². The average Bonchev–Trinajstić information content (AvgIpc) is 2.78. The summed E-state index contributed by atoms with van der Waals surface area (Å²) in [5, 5.41) is 23.8. The first kappa shape index (κ1) is 21.5. The molecule has 8 nitrogen and oxygen atoms in total. The number of alkyl halides is 3. The van der Waals surface area contributed by atoms with Crippen LogP contribution in [0.3, 0.4) is 0 Å². The summed E-state index contributed by atoms with van der Waals surface area (Å²) in [6.07, 6.45) is -2.69. The Labute approximate surface area is 186 Å². The van der Waals surface area contributed by atoms with Crippen molar-refractivity contribution < 1.29 is 13.2 Å². The summed E-state index contributed by atoms with van der Waals surface area (Å²) < 4.78 is 39.0. The van der Waals surface area contributed by atoms with Crippen LogP contribution in [0.15, 0.2) is 53.5 Å². The SMILES string of the molecule is N#CNC1=NC(c2ccccc2-c2ccc(C(F)(F)F)cc2)c2c(nc(N)c(C#N)c2N)N1. The number of fused-ring (bicyclic) bond motifs is 1. The van der Waals surface area contributed by atoms with Gasteiger partial charge in [0.15, 0.2) is 6.19 Å². The van der Waals surface area contributed by atoms with Crippen molar-refractivity contribution in [3.8, 4) is 23.4 Å². The van der Waals surface area contributed by atoms with Crippen molar-refractivity contribution in [2.24, 2.45) is 4.99 Å². The van der Waals surface area contributed by atoms with Gasteiger partial charge in [-0.1, -0.05) is 36.4 Å². The van der Waals surface area contributed by atoms with E-state index in [0.29, 0.717) is 22.3 Å². The molecule has 1 aliphatic rings. The zero-order valence-corrected chi connectivity index (χ0v) is 16.8. The van der Waals surface area contributed by atoms with Crippen LogP contribution in [0.25, 0.3) is 11.1 Å². The molecule has 11 heteroatoms. The molecule has 33 heavy (non-hydrogen) atoms. The van der Waals surface area contributed by atoms with Crippen molar-refractivity contribution in [2.75, 3.05) is 16.8 Å². The van der Waals surface area contributed by atoms with E-state index in [9.17, 15) is 18.4 Å². The molecule has 1 aliphatic heterocycles. The van der Waals surface area contributed by atoms with Crippen molar-refractivity contribution in [3.63, 3.8) is 0 Å². The number of hydrogen-bond acceptors (Lipinski definition) is 8. The summed E-state index contributed by atoms with van der Waals surface area (Å²) in [4.78, 5) is 8.72. The smallest absolute Gasteiger partial charge is 0.397 e. The minimum Gasteiger partial charge on any atom is -0.397 e. The number of nitrogen functional groups attached to an aromatic ring is 2. The number of aromatic nitrogens is 1. The van der Waals surface area contributed by atoms with Crippen LogP contribution < -0.4 is 22.1 Å². The Hall–Kier alpha value is -4.77. The predicted octanol–water partition coefficient (Wildman–Crippen LogP) is 3.75. The maximum absolute atomic E-state index is 13.0. The first-order valence-corrected chi connectivity index (χ1v) is 9.50. The minimum absolute atomic E-state index is 0.0144. The van der Waals surface area contributed by atoms with Gasteiger partial charge >= 0.3 is 6.18 Å². The molecule has 0 spiro atoms. The lowest BCUT2D eigenvalue weighted by Crippen LogP contribution is -2.32. The summed E-state index contributed by atoms with van der Waals surface area (Å²) in [5.41, 5.74) is 13.5. The highest BCUT2D eigenvalue weighted by molar-refractivity contribution is 5.98. The molecule has 0 aliphatic carbocycles. The Bertz CT molecular complexity index is 1350. The average molecular weight is 448 g/mol. The lowest BCUT2D eigenvalue weighted by Gasteiger charge is -2.27. The standard InChI is InChI=1S/C22H15F3N8/c23-22(24,25)12-7-5-11(6-8-12)13-3-1-2-4-14(13)18-16-17(28)15(9-26)19(29)32-20(16)33-21(31-18)30-10-27/h1-8,18H,(H6,28,29,30,31,32,33). The number of nitrogens with two attached hydrogens (primary N) is 2. The van der Waals surface area contributed by atoms with E-state index < -0.39 is 17.8 Å². The van der Waals surface area contributed by atoms with Crippen LogP contribution in [0.2, 0.25) is 0 Å². The number of anilines is 3. The molecule has 0 saturated heterocycles. The van der Waals surface area contributed by atoms with Gasteiger partial charge in [0.2, 0.25) is 5.96 Å². The number of aliphatic imine (C=N–C) groups is 1. The van der Waals surface area contributed by atoms with E-state index in [1.54, 1.807) is 30.5 Å². The summed E-state index contributed by atoms with van der Waals surface area (Å²) in [6, 6.07) is 12.8. The topological polar surface area (TPSA) is 149 Å². The van der Waals surface area contributed by atoms with Gasteiger partial charge in [-0.15, -0.1) is 0 Å². The fraction of sp³-hybridized carbons (Fsp3) is 0.0909. The minimum atomic E-state index is -4.46. The Morgan fingerprint density at radius 1 is 1.03 bits per heavy atom. The molecule has 0 bridgehead atoms. The molecule has 2 aromatic carbocycles. The maximum Gasteiger partial charge on any atom is 0.416 e. The first-order valence-electron chi connectivity index (χ1n) is 9.50. The number of nitrogens with one attached hydrogen (secondary N) is 2.